The van der Waals surface area contributed by atoms with Gasteiger partial charge in [0, 0.05) is 11.6 Å². The molecule has 0 amide bonds. The Morgan fingerprint density at radius 1 is 1.44 bits per heavy atom. The number of aromatic nitrogens is 5. The Balaban J connectivity index is 2.17. The Labute approximate surface area is 111 Å². The fourth-order valence-corrected chi connectivity index (χ4v) is 2.57. The van der Waals surface area contributed by atoms with Crippen molar-refractivity contribution >= 4 is 34.7 Å². The van der Waals surface area contributed by atoms with Crippen LogP contribution in [0.1, 0.15) is 5.01 Å². The summed E-state index contributed by atoms with van der Waals surface area (Å²) in [4.78, 5) is 15.6. The van der Waals surface area contributed by atoms with Crippen molar-refractivity contribution in [3.05, 3.63) is 27.7 Å². The number of nitrogens with one attached hydrogen (secondary N) is 1. The van der Waals surface area contributed by atoms with Gasteiger partial charge in [-0.15, -0.1) is 11.3 Å². The molecule has 3 rings (SSSR count). The minimum Gasteiger partial charge on any atom is -0.479 e. The van der Waals surface area contributed by atoms with Crippen molar-refractivity contribution in [1.29, 1.82) is 0 Å². The van der Waals surface area contributed by atoms with Crippen molar-refractivity contribution in [3.8, 4) is 5.88 Å². The zero-order valence-electron chi connectivity index (χ0n) is 9.45. The molecule has 0 spiro atoms. The molecule has 6 nitrogen and oxygen atoms in total. The van der Waals surface area contributed by atoms with E-state index in [0.717, 1.165) is 10.7 Å². The van der Waals surface area contributed by atoms with Crippen LogP contribution in [0.15, 0.2) is 17.9 Å². The van der Waals surface area contributed by atoms with Gasteiger partial charge in [0.1, 0.15) is 16.9 Å². The molecule has 0 bridgehead atoms. The highest BCUT2D eigenvalue weighted by molar-refractivity contribution is 7.71. The van der Waals surface area contributed by atoms with Crippen molar-refractivity contribution in [1.82, 2.24) is 24.5 Å². The minimum atomic E-state index is 0.490. The Hall–Kier alpha value is -1.80. The molecule has 0 fully saturated rings. The molecule has 0 aromatic carbocycles. The first-order chi connectivity index (χ1) is 8.79. The molecule has 1 N–H and O–H groups in total. The number of ether oxygens (including phenoxy) is 1. The monoisotopic (exact) mass is 279 g/mol. The number of imidazole rings is 1. The van der Waals surface area contributed by atoms with E-state index >= 15 is 0 Å². The van der Waals surface area contributed by atoms with Crippen LogP contribution in [-0.4, -0.2) is 31.6 Å². The predicted octanol–water partition coefficient (Wildman–Crippen LogP) is 2.00. The van der Waals surface area contributed by atoms with Crippen LogP contribution in [-0.2, 0) is 6.54 Å². The number of methoxy groups -OCH3 is 1. The van der Waals surface area contributed by atoms with Crippen LogP contribution in [0.25, 0.3) is 11.2 Å². The van der Waals surface area contributed by atoms with Crippen LogP contribution in [0, 0.1) is 4.77 Å². The highest BCUT2D eigenvalue weighted by Gasteiger charge is 2.12. The van der Waals surface area contributed by atoms with E-state index in [1.54, 1.807) is 24.6 Å². The molecule has 18 heavy (non-hydrogen) atoms. The second kappa shape index (κ2) is 4.46. The van der Waals surface area contributed by atoms with E-state index in [-0.39, 0.29) is 0 Å². The minimum absolute atomic E-state index is 0.490. The first kappa shape index (κ1) is 11.3. The van der Waals surface area contributed by atoms with Crippen LogP contribution < -0.4 is 4.74 Å². The molecule has 0 aliphatic heterocycles. The summed E-state index contributed by atoms with van der Waals surface area (Å²) in [6, 6.07) is 0. The molecule has 92 valence electrons. The second-order valence-corrected chi connectivity index (χ2v) is 4.89. The SMILES string of the molecule is COc1ncnc2c1[nH]c(=S)n2Cc1nccs1. The van der Waals surface area contributed by atoms with Gasteiger partial charge in [0.05, 0.1) is 13.7 Å². The van der Waals surface area contributed by atoms with Gasteiger partial charge >= 0.3 is 0 Å². The van der Waals surface area contributed by atoms with Crippen LogP contribution in [0.5, 0.6) is 5.88 Å². The highest BCUT2D eigenvalue weighted by atomic mass is 32.1. The van der Waals surface area contributed by atoms with Crippen LogP contribution in [0.3, 0.4) is 0 Å². The molecule has 0 aliphatic rings. The van der Waals surface area contributed by atoms with Crippen LogP contribution in [0.2, 0.25) is 0 Å². The summed E-state index contributed by atoms with van der Waals surface area (Å²) in [6.45, 7) is 0.594. The molecule has 3 aromatic heterocycles. The molecule has 0 unspecified atom stereocenters. The topological polar surface area (TPSA) is 68.6 Å². The molecule has 3 aromatic rings. The average Bonchev–Trinajstić information content (AvgIpc) is 2.99. The van der Waals surface area contributed by atoms with Gasteiger partial charge in [0.2, 0.25) is 5.88 Å². The Morgan fingerprint density at radius 2 is 2.33 bits per heavy atom. The lowest BCUT2D eigenvalue weighted by atomic mass is 10.5. The summed E-state index contributed by atoms with van der Waals surface area (Å²) in [5.41, 5.74) is 1.43. The number of rotatable bonds is 3. The summed E-state index contributed by atoms with van der Waals surface area (Å²) in [5.74, 6) is 0.490. The second-order valence-electron chi connectivity index (χ2n) is 3.52. The van der Waals surface area contributed by atoms with Gasteiger partial charge in [-0.25, -0.2) is 9.97 Å². The maximum Gasteiger partial charge on any atom is 0.242 e. The average molecular weight is 279 g/mol. The molecule has 0 saturated carbocycles. The number of fused-ring (bicyclic) bond motifs is 1. The maximum atomic E-state index is 5.29. The number of H-pyrrole nitrogens is 1. The summed E-state index contributed by atoms with van der Waals surface area (Å²) < 4.78 is 7.64. The van der Waals surface area contributed by atoms with E-state index in [0.29, 0.717) is 22.7 Å². The molecule has 3 heterocycles. The number of hydrogen-bond donors (Lipinski definition) is 1. The first-order valence-electron chi connectivity index (χ1n) is 5.15. The zero-order chi connectivity index (χ0) is 12.5. The van der Waals surface area contributed by atoms with E-state index in [4.69, 9.17) is 17.0 Å². The highest BCUT2D eigenvalue weighted by Crippen LogP contribution is 2.21. The number of thiazole rings is 1. The van der Waals surface area contributed by atoms with Gasteiger partial charge in [-0.3, -0.25) is 4.57 Å². The normalized spacial score (nSPS) is 10.9. The van der Waals surface area contributed by atoms with Crippen molar-refractivity contribution in [2.45, 2.75) is 6.54 Å². The van der Waals surface area contributed by atoms with Crippen molar-refractivity contribution < 1.29 is 4.74 Å². The zero-order valence-corrected chi connectivity index (χ0v) is 11.1. The Kier molecular flexibility index (Phi) is 2.80. The lowest BCUT2D eigenvalue weighted by Gasteiger charge is -2.01. The molecular weight excluding hydrogens is 270 g/mol. The van der Waals surface area contributed by atoms with Crippen molar-refractivity contribution in [2.75, 3.05) is 7.11 Å². The molecular formula is C10H9N5OS2. The maximum absolute atomic E-state index is 5.29. The third kappa shape index (κ3) is 1.79. The molecule has 0 aliphatic carbocycles. The van der Waals surface area contributed by atoms with Crippen molar-refractivity contribution in [2.24, 2.45) is 0 Å². The van der Waals surface area contributed by atoms with E-state index in [1.807, 2.05) is 9.95 Å². The molecule has 0 saturated heterocycles. The van der Waals surface area contributed by atoms with Gasteiger partial charge in [-0.05, 0) is 12.2 Å². The van der Waals surface area contributed by atoms with Crippen LogP contribution >= 0.6 is 23.6 Å². The summed E-state index contributed by atoms with van der Waals surface area (Å²) in [6.07, 6.45) is 3.23. The van der Waals surface area contributed by atoms with Gasteiger partial charge in [-0.2, -0.15) is 4.98 Å². The lowest BCUT2D eigenvalue weighted by molar-refractivity contribution is 0.401. The fourth-order valence-electron chi connectivity index (χ4n) is 1.71. The first-order valence-corrected chi connectivity index (χ1v) is 6.44. The van der Waals surface area contributed by atoms with Crippen LogP contribution in [0.4, 0.5) is 0 Å². The lowest BCUT2D eigenvalue weighted by Crippen LogP contribution is -2.00. The van der Waals surface area contributed by atoms with E-state index in [9.17, 15) is 0 Å². The Morgan fingerprint density at radius 3 is 3.06 bits per heavy atom. The van der Waals surface area contributed by atoms with E-state index < -0.39 is 0 Å². The largest absolute Gasteiger partial charge is 0.479 e. The number of nitrogens with zero attached hydrogens (tertiary/aromatic N) is 4. The van der Waals surface area contributed by atoms with Gasteiger partial charge < -0.3 is 9.72 Å². The smallest absolute Gasteiger partial charge is 0.242 e. The predicted molar refractivity (Wildman–Crippen MR) is 70.5 cm³/mol. The summed E-state index contributed by atoms with van der Waals surface area (Å²) >= 11 is 6.88. The molecule has 8 heteroatoms. The quantitative estimate of drug-likeness (QED) is 0.743. The standard InChI is InChI=1S/C10H9N5OS2/c1-16-9-7-8(12-5-13-9)15(10(17)14-7)4-6-11-2-3-18-6/h2-3,5H,4H2,1H3,(H,14,17). The van der Waals surface area contributed by atoms with E-state index in [1.165, 1.54) is 6.33 Å². The van der Waals surface area contributed by atoms with Gasteiger partial charge in [0.25, 0.3) is 0 Å². The van der Waals surface area contributed by atoms with E-state index in [2.05, 4.69) is 19.9 Å². The molecule has 0 radical (unpaired) electrons. The van der Waals surface area contributed by atoms with Crippen molar-refractivity contribution in [3.63, 3.8) is 0 Å². The fraction of sp³-hybridized carbons (Fsp3) is 0.200. The summed E-state index contributed by atoms with van der Waals surface area (Å²) in [7, 11) is 1.57. The third-order valence-corrected chi connectivity index (χ3v) is 3.58. The number of aromatic amines is 1. The number of hydrogen-bond acceptors (Lipinski definition) is 6. The third-order valence-electron chi connectivity index (χ3n) is 2.50. The summed E-state index contributed by atoms with van der Waals surface area (Å²) in [5, 5.41) is 2.91. The Bertz CT molecular complexity index is 730. The van der Waals surface area contributed by atoms with Gasteiger partial charge in [0.15, 0.2) is 10.4 Å². The van der Waals surface area contributed by atoms with Gasteiger partial charge in [-0.1, -0.05) is 0 Å². The molecule has 0 atom stereocenters.